The van der Waals surface area contributed by atoms with E-state index >= 15 is 4.39 Å². The van der Waals surface area contributed by atoms with Crippen LogP contribution in [-0.2, 0) is 30.0 Å². The summed E-state index contributed by atoms with van der Waals surface area (Å²) in [6.45, 7) is 7.37. The number of imidazole rings is 1. The van der Waals surface area contributed by atoms with Crippen LogP contribution in [0.15, 0.2) is 78.9 Å². The molecule has 1 fully saturated rings. The van der Waals surface area contributed by atoms with Crippen LogP contribution in [0.5, 0.6) is 11.5 Å². The lowest BCUT2D eigenvalue weighted by molar-refractivity contribution is -0.0708. The molecular weight excluding hydrogens is 686 g/mol. The van der Waals surface area contributed by atoms with Crippen LogP contribution in [0.1, 0.15) is 65.3 Å². The van der Waals surface area contributed by atoms with E-state index in [1.807, 2.05) is 54.6 Å². The van der Waals surface area contributed by atoms with Crippen LogP contribution in [0.25, 0.3) is 27.5 Å². The van der Waals surface area contributed by atoms with Crippen molar-refractivity contribution in [1.82, 2.24) is 24.6 Å². The number of rotatable bonds is 9. The molecule has 1 unspecified atom stereocenters. The minimum absolute atomic E-state index is 0.144. The standard InChI is InChI=1S/C42H38FN7O4/c1-3-34-31-20-27(8-11-35(31)48-47-34)41(51)45-28-9-12-37-36(21-28)46-39(50(37)23-29-15-18-52-29)24-49-16-13-26(14-17-49)30-5-4-6-38-40(30)54-42(2,53-38)32-10-7-25(22-44)19-33(32)43/h4-13,19-21,29H,3,14-18,23-24H2,1-2H3,(H,45,51)(H,47,48)/t29-,42?/m0/s1. The SMILES string of the molecule is CCc1[nH]nc2ccc(C(=O)Nc3ccc4c(c3)nc(CN3CC=C(c5cccc6c5OC(C)(c5ccc(C#N)cc5F)O6)CC3)n4C[C@@H]3CCO3)cc12. The molecule has 2 N–H and O–H groups in total. The number of carbonyl (C=O) groups excluding carboxylic acids is 1. The van der Waals surface area contributed by atoms with Crippen molar-refractivity contribution in [3.8, 4) is 17.6 Å². The van der Waals surface area contributed by atoms with Gasteiger partial charge in [-0.05, 0) is 85.5 Å². The van der Waals surface area contributed by atoms with E-state index in [0.29, 0.717) is 42.4 Å². The normalized spacial score (nSPS) is 19.4. The van der Waals surface area contributed by atoms with E-state index in [-0.39, 0.29) is 23.1 Å². The highest BCUT2D eigenvalue weighted by Crippen LogP contribution is 2.49. The number of nitriles is 1. The Morgan fingerprint density at radius 2 is 2.00 bits per heavy atom. The number of nitrogens with one attached hydrogen (secondary N) is 2. The van der Waals surface area contributed by atoms with Crippen molar-refractivity contribution in [2.75, 3.05) is 25.0 Å². The summed E-state index contributed by atoms with van der Waals surface area (Å²) in [4.78, 5) is 20.8. The predicted molar refractivity (Wildman–Crippen MR) is 202 cm³/mol. The highest BCUT2D eigenvalue weighted by molar-refractivity contribution is 6.07. The number of amides is 1. The number of aryl methyl sites for hydroxylation is 1. The number of halogens is 1. The van der Waals surface area contributed by atoms with Crippen LogP contribution < -0.4 is 14.8 Å². The number of para-hydroxylation sites is 1. The fraction of sp³-hybridized carbons (Fsp3) is 0.286. The zero-order valence-corrected chi connectivity index (χ0v) is 30.0. The Hall–Kier alpha value is -6.03. The molecule has 54 heavy (non-hydrogen) atoms. The molecule has 1 amide bonds. The van der Waals surface area contributed by atoms with Crippen LogP contribution in [0, 0.1) is 17.1 Å². The second-order valence-electron chi connectivity index (χ2n) is 14.2. The predicted octanol–water partition coefficient (Wildman–Crippen LogP) is 7.46. The average molecular weight is 724 g/mol. The molecule has 2 atom stereocenters. The third-order valence-corrected chi connectivity index (χ3v) is 10.7. The molecule has 3 aliphatic rings. The van der Waals surface area contributed by atoms with Crippen LogP contribution in [0.2, 0.25) is 0 Å². The van der Waals surface area contributed by atoms with Gasteiger partial charge < -0.3 is 24.1 Å². The van der Waals surface area contributed by atoms with Gasteiger partial charge in [-0.2, -0.15) is 10.4 Å². The first-order valence-electron chi connectivity index (χ1n) is 18.3. The number of nitrogens with zero attached hydrogens (tertiary/aromatic N) is 5. The van der Waals surface area contributed by atoms with E-state index in [0.717, 1.165) is 77.0 Å². The molecule has 0 saturated carbocycles. The maximum atomic E-state index is 15.1. The third kappa shape index (κ3) is 6.05. The van der Waals surface area contributed by atoms with Crippen molar-refractivity contribution in [3.63, 3.8) is 0 Å². The molecule has 0 aliphatic carbocycles. The Morgan fingerprint density at radius 3 is 2.76 bits per heavy atom. The smallest absolute Gasteiger partial charge is 0.278 e. The molecule has 6 aromatic rings. The van der Waals surface area contributed by atoms with Gasteiger partial charge in [0.15, 0.2) is 11.5 Å². The number of carbonyl (C=O) groups is 1. The Kier molecular flexibility index (Phi) is 8.40. The summed E-state index contributed by atoms with van der Waals surface area (Å²) in [5.41, 5.74) is 7.42. The van der Waals surface area contributed by atoms with E-state index < -0.39 is 11.6 Å². The molecule has 0 radical (unpaired) electrons. The summed E-state index contributed by atoms with van der Waals surface area (Å²) in [6, 6.07) is 23.5. The minimum Gasteiger partial charge on any atom is -0.444 e. The number of hydrogen-bond acceptors (Lipinski definition) is 8. The summed E-state index contributed by atoms with van der Waals surface area (Å²) in [5.74, 6) is -0.0310. The van der Waals surface area contributed by atoms with Crippen LogP contribution in [0.3, 0.4) is 0 Å². The van der Waals surface area contributed by atoms with Gasteiger partial charge in [0.25, 0.3) is 11.7 Å². The number of hydrogen-bond donors (Lipinski definition) is 2. The first-order valence-corrected chi connectivity index (χ1v) is 18.3. The minimum atomic E-state index is -1.36. The zero-order valence-electron chi connectivity index (χ0n) is 30.0. The first kappa shape index (κ1) is 33.8. The monoisotopic (exact) mass is 723 g/mol. The quantitative estimate of drug-likeness (QED) is 0.157. The van der Waals surface area contributed by atoms with Gasteiger partial charge in [-0.3, -0.25) is 14.8 Å². The van der Waals surface area contributed by atoms with E-state index in [1.54, 1.807) is 25.1 Å². The number of ether oxygens (including phenoxy) is 3. The highest BCUT2D eigenvalue weighted by Gasteiger charge is 2.42. The molecule has 5 heterocycles. The number of anilines is 1. The van der Waals surface area contributed by atoms with Gasteiger partial charge in [-0.1, -0.05) is 25.1 Å². The molecule has 3 aliphatic heterocycles. The van der Waals surface area contributed by atoms with Gasteiger partial charge in [0.05, 0.1) is 52.9 Å². The topological polar surface area (TPSA) is 130 Å². The van der Waals surface area contributed by atoms with Gasteiger partial charge in [-0.25, -0.2) is 9.37 Å². The van der Waals surface area contributed by atoms with Crippen molar-refractivity contribution < 1.29 is 23.4 Å². The number of aromatic amines is 1. The summed E-state index contributed by atoms with van der Waals surface area (Å²) in [7, 11) is 0. The number of H-pyrrole nitrogens is 1. The lowest BCUT2D eigenvalue weighted by Crippen LogP contribution is -2.33. The lowest BCUT2D eigenvalue weighted by atomic mass is 9.98. The summed E-state index contributed by atoms with van der Waals surface area (Å²) in [5, 5.41) is 20.6. The Bertz CT molecular complexity index is 2530. The molecule has 1 saturated heterocycles. The molecule has 9 rings (SSSR count). The Labute approximate surface area is 311 Å². The van der Waals surface area contributed by atoms with Crippen molar-refractivity contribution in [2.24, 2.45) is 0 Å². The summed E-state index contributed by atoms with van der Waals surface area (Å²) < 4.78 is 35.7. The van der Waals surface area contributed by atoms with Crippen molar-refractivity contribution in [1.29, 1.82) is 5.26 Å². The molecule has 12 heteroatoms. The van der Waals surface area contributed by atoms with E-state index in [9.17, 15) is 10.1 Å². The van der Waals surface area contributed by atoms with Crippen LogP contribution in [-0.4, -0.2) is 56.4 Å². The fourth-order valence-electron chi connectivity index (χ4n) is 7.63. The Balaban J connectivity index is 0.931. The van der Waals surface area contributed by atoms with Crippen molar-refractivity contribution in [3.05, 3.63) is 118 Å². The number of aromatic nitrogens is 4. The van der Waals surface area contributed by atoms with Crippen molar-refractivity contribution >= 4 is 39.1 Å². The van der Waals surface area contributed by atoms with Gasteiger partial charge in [-0.15, -0.1) is 0 Å². The Morgan fingerprint density at radius 1 is 1.11 bits per heavy atom. The fourth-order valence-corrected chi connectivity index (χ4v) is 7.63. The van der Waals surface area contributed by atoms with Gasteiger partial charge >= 0.3 is 0 Å². The lowest BCUT2D eigenvalue weighted by Gasteiger charge is -2.29. The highest BCUT2D eigenvalue weighted by atomic mass is 19.1. The average Bonchev–Trinajstić information content (AvgIpc) is 3.85. The van der Waals surface area contributed by atoms with Crippen LogP contribution in [0.4, 0.5) is 10.1 Å². The molecule has 272 valence electrons. The maximum Gasteiger partial charge on any atom is 0.278 e. The molecule has 4 aromatic carbocycles. The van der Waals surface area contributed by atoms with E-state index in [2.05, 4.69) is 38.0 Å². The number of benzene rings is 4. The van der Waals surface area contributed by atoms with Crippen molar-refractivity contribution in [2.45, 2.75) is 58.1 Å². The largest absolute Gasteiger partial charge is 0.444 e. The third-order valence-electron chi connectivity index (χ3n) is 10.7. The first-order chi connectivity index (χ1) is 26.3. The second-order valence-corrected chi connectivity index (χ2v) is 14.2. The van der Waals surface area contributed by atoms with Gasteiger partial charge in [0.2, 0.25) is 0 Å². The molecule has 0 bridgehead atoms. The van der Waals surface area contributed by atoms with E-state index in [4.69, 9.17) is 19.2 Å². The second kappa shape index (κ2) is 13.4. The summed E-state index contributed by atoms with van der Waals surface area (Å²) in [6.07, 6.45) is 4.93. The van der Waals surface area contributed by atoms with E-state index in [1.165, 1.54) is 6.07 Å². The molecular formula is C42H38FN7O4. The van der Waals surface area contributed by atoms with Gasteiger partial charge in [0, 0.05) is 54.5 Å². The summed E-state index contributed by atoms with van der Waals surface area (Å²) >= 11 is 0. The van der Waals surface area contributed by atoms with Crippen LogP contribution >= 0.6 is 0 Å². The molecule has 11 nitrogen and oxygen atoms in total. The molecule has 0 spiro atoms. The zero-order chi connectivity index (χ0) is 37.0. The maximum absolute atomic E-state index is 15.1. The van der Waals surface area contributed by atoms with Gasteiger partial charge in [0.1, 0.15) is 11.6 Å². The number of fused-ring (bicyclic) bond motifs is 3. The molecule has 2 aromatic heterocycles.